The fourth-order valence-corrected chi connectivity index (χ4v) is 3.96. The fraction of sp³-hybridized carbons (Fsp3) is 0.333. The summed E-state index contributed by atoms with van der Waals surface area (Å²) in [5.74, 6) is 1.76. The first-order valence-corrected chi connectivity index (χ1v) is 9.89. The van der Waals surface area contributed by atoms with E-state index < -0.39 is 6.04 Å². The second-order valence-electron chi connectivity index (χ2n) is 7.34. The van der Waals surface area contributed by atoms with Crippen LogP contribution >= 0.6 is 0 Å². The van der Waals surface area contributed by atoms with Gasteiger partial charge in [0.05, 0.1) is 18.9 Å². The normalized spacial score (nSPS) is 17.5. The molecule has 0 radical (unpaired) electrons. The van der Waals surface area contributed by atoms with E-state index in [1.807, 2.05) is 24.4 Å². The Kier molecular flexibility index (Phi) is 5.37. The van der Waals surface area contributed by atoms with Crippen LogP contribution in [0.3, 0.4) is 0 Å². The van der Waals surface area contributed by atoms with Crippen LogP contribution in [-0.2, 0) is 0 Å². The third-order valence-electron chi connectivity index (χ3n) is 5.46. The Hall–Kier alpha value is -4.18. The van der Waals surface area contributed by atoms with E-state index in [0.29, 0.717) is 22.9 Å². The molecule has 0 bridgehead atoms. The van der Waals surface area contributed by atoms with Crippen molar-refractivity contribution in [2.24, 2.45) is 4.99 Å². The van der Waals surface area contributed by atoms with E-state index in [1.165, 1.54) is 0 Å². The minimum Gasteiger partial charge on any atom is -0.493 e. The number of fused-ring (bicyclic) bond motifs is 1. The van der Waals surface area contributed by atoms with Gasteiger partial charge in [-0.25, -0.2) is 9.98 Å². The molecule has 2 aliphatic rings. The van der Waals surface area contributed by atoms with Gasteiger partial charge in [-0.2, -0.15) is 10.5 Å². The Morgan fingerprint density at radius 3 is 2.65 bits per heavy atom. The highest BCUT2D eigenvalue weighted by Gasteiger charge is 2.30. The lowest BCUT2D eigenvalue weighted by molar-refractivity contribution is 0.200. The molecular formula is C21H22N8O2. The van der Waals surface area contributed by atoms with Gasteiger partial charge in [-0.15, -0.1) is 0 Å². The van der Waals surface area contributed by atoms with Crippen molar-refractivity contribution in [3.63, 3.8) is 0 Å². The monoisotopic (exact) mass is 418 g/mol. The Balaban J connectivity index is 1.83. The van der Waals surface area contributed by atoms with Crippen LogP contribution in [0.1, 0.15) is 48.4 Å². The van der Waals surface area contributed by atoms with Crippen LogP contribution in [0, 0.1) is 22.8 Å². The van der Waals surface area contributed by atoms with Crippen LogP contribution in [0.5, 0.6) is 11.5 Å². The molecule has 1 atom stereocenters. The summed E-state index contributed by atoms with van der Waals surface area (Å²) >= 11 is 0. The Morgan fingerprint density at radius 2 is 1.97 bits per heavy atom. The highest BCUT2D eigenvalue weighted by atomic mass is 16.5. The molecule has 1 aromatic carbocycles. The van der Waals surface area contributed by atoms with Crippen LogP contribution in [0.4, 0.5) is 17.3 Å². The van der Waals surface area contributed by atoms with Gasteiger partial charge in [-0.05, 0) is 43.4 Å². The lowest BCUT2D eigenvalue weighted by Gasteiger charge is -2.27. The van der Waals surface area contributed by atoms with Crippen molar-refractivity contribution in [2.75, 3.05) is 23.9 Å². The maximum atomic E-state index is 9.47. The van der Waals surface area contributed by atoms with Crippen molar-refractivity contribution in [1.29, 1.82) is 10.5 Å². The predicted octanol–water partition coefficient (Wildman–Crippen LogP) is 2.39. The summed E-state index contributed by atoms with van der Waals surface area (Å²) in [7, 11) is 1.59. The number of hydrogen-bond acceptors (Lipinski definition) is 10. The van der Waals surface area contributed by atoms with Gasteiger partial charge in [0.15, 0.2) is 17.7 Å². The third kappa shape index (κ3) is 3.71. The van der Waals surface area contributed by atoms with E-state index in [1.54, 1.807) is 13.2 Å². The average Bonchev–Trinajstić information content (AvgIpc) is 3.26. The van der Waals surface area contributed by atoms with E-state index in [0.717, 1.165) is 31.2 Å². The van der Waals surface area contributed by atoms with Crippen molar-refractivity contribution < 1.29 is 9.47 Å². The van der Waals surface area contributed by atoms with Crippen LogP contribution in [0.2, 0.25) is 0 Å². The standard InChI is InChI=1S/C21H22N8O2/c1-30-14-7-6-11(8-15(14)31-12-4-2-3-5-12)18-16-17(24)13(9-22)19(25)28-20(16)29-21(27-18)26-10-23/h6-8,12,18H,2-5H2,1H3,(H6,24,25,26,27,28,29). The van der Waals surface area contributed by atoms with Gasteiger partial charge >= 0.3 is 0 Å². The molecule has 1 fully saturated rings. The smallest absolute Gasteiger partial charge is 0.211 e. The molecule has 1 unspecified atom stereocenters. The molecule has 158 valence electrons. The topological polar surface area (TPSA) is 167 Å². The number of guanidine groups is 1. The minimum atomic E-state index is -0.635. The van der Waals surface area contributed by atoms with Crippen molar-refractivity contribution in [3.8, 4) is 23.8 Å². The zero-order valence-corrected chi connectivity index (χ0v) is 17.0. The second-order valence-corrected chi connectivity index (χ2v) is 7.34. The summed E-state index contributed by atoms with van der Waals surface area (Å²) in [6, 6.07) is 6.87. The van der Waals surface area contributed by atoms with Crippen molar-refractivity contribution in [2.45, 2.75) is 37.8 Å². The number of nitrogens with one attached hydrogen (secondary N) is 2. The fourth-order valence-electron chi connectivity index (χ4n) is 3.96. The maximum absolute atomic E-state index is 9.47. The van der Waals surface area contributed by atoms with E-state index in [-0.39, 0.29) is 29.1 Å². The summed E-state index contributed by atoms with van der Waals surface area (Å²) in [6.07, 6.45) is 6.26. The van der Waals surface area contributed by atoms with Crippen LogP contribution in [-0.4, -0.2) is 24.2 Å². The lowest BCUT2D eigenvalue weighted by Crippen LogP contribution is -2.32. The molecule has 1 saturated carbocycles. The molecule has 0 saturated heterocycles. The van der Waals surface area contributed by atoms with E-state index in [4.69, 9.17) is 26.2 Å². The lowest BCUT2D eigenvalue weighted by atomic mass is 9.95. The average molecular weight is 418 g/mol. The van der Waals surface area contributed by atoms with Gasteiger partial charge in [0.1, 0.15) is 29.3 Å². The highest BCUT2D eigenvalue weighted by Crippen LogP contribution is 2.43. The third-order valence-corrected chi connectivity index (χ3v) is 5.46. The molecule has 4 rings (SSSR count). The van der Waals surface area contributed by atoms with Crippen molar-refractivity contribution >= 4 is 23.3 Å². The Labute approximate surface area is 179 Å². The van der Waals surface area contributed by atoms with E-state index in [2.05, 4.69) is 20.6 Å². The number of methoxy groups -OCH3 is 1. The van der Waals surface area contributed by atoms with Gasteiger partial charge in [0.25, 0.3) is 0 Å². The molecular weight excluding hydrogens is 396 g/mol. The van der Waals surface area contributed by atoms with Crippen LogP contribution < -0.4 is 31.6 Å². The number of pyridine rings is 1. The maximum Gasteiger partial charge on any atom is 0.211 e. The molecule has 10 heteroatoms. The first-order chi connectivity index (χ1) is 15.0. The second kappa shape index (κ2) is 8.28. The van der Waals surface area contributed by atoms with Gasteiger partial charge in [0.2, 0.25) is 5.96 Å². The van der Waals surface area contributed by atoms with Crippen molar-refractivity contribution in [3.05, 3.63) is 34.9 Å². The Morgan fingerprint density at radius 1 is 1.19 bits per heavy atom. The summed E-state index contributed by atoms with van der Waals surface area (Å²) < 4.78 is 11.7. The number of ether oxygens (including phenoxy) is 2. The quantitative estimate of drug-likeness (QED) is 0.430. The summed E-state index contributed by atoms with van der Waals surface area (Å²) in [4.78, 5) is 8.85. The molecule has 1 aromatic heterocycles. The molecule has 1 aliphatic carbocycles. The summed E-state index contributed by atoms with van der Waals surface area (Å²) in [5, 5.41) is 23.9. The molecule has 6 N–H and O–H groups in total. The summed E-state index contributed by atoms with van der Waals surface area (Å²) in [6.45, 7) is 0. The SMILES string of the molecule is COc1ccc(C2N=C(NC#N)Nc3nc(N)c(C#N)c(N)c32)cc1OC1CCCC1. The predicted molar refractivity (Wildman–Crippen MR) is 115 cm³/mol. The zero-order valence-electron chi connectivity index (χ0n) is 17.0. The number of hydrogen-bond donors (Lipinski definition) is 4. The number of anilines is 3. The molecule has 0 amide bonds. The van der Waals surface area contributed by atoms with E-state index in [9.17, 15) is 5.26 Å². The van der Waals surface area contributed by atoms with E-state index >= 15 is 0 Å². The van der Waals surface area contributed by atoms with Gasteiger partial charge < -0.3 is 26.3 Å². The van der Waals surface area contributed by atoms with Gasteiger partial charge in [0, 0.05) is 5.56 Å². The first-order valence-electron chi connectivity index (χ1n) is 9.89. The molecule has 10 nitrogen and oxygen atoms in total. The van der Waals surface area contributed by atoms with Gasteiger partial charge in [-0.3, -0.25) is 5.32 Å². The number of nitrogens with zero attached hydrogens (tertiary/aromatic N) is 4. The minimum absolute atomic E-state index is 0.00296. The summed E-state index contributed by atoms with van der Waals surface area (Å²) in [5.41, 5.74) is 13.7. The largest absolute Gasteiger partial charge is 0.493 e. The molecule has 1 aliphatic heterocycles. The molecule has 0 spiro atoms. The number of nitriles is 2. The van der Waals surface area contributed by atoms with Crippen molar-refractivity contribution in [1.82, 2.24) is 10.3 Å². The Bertz CT molecular complexity index is 1130. The number of aliphatic imine (C=N–C) groups is 1. The molecule has 31 heavy (non-hydrogen) atoms. The number of nitrogens with two attached hydrogens (primary N) is 2. The zero-order chi connectivity index (χ0) is 22.0. The number of rotatable bonds is 4. The van der Waals surface area contributed by atoms with Crippen LogP contribution in [0.15, 0.2) is 23.2 Å². The first kappa shape index (κ1) is 20.1. The molecule has 2 aromatic rings. The van der Waals surface area contributed by atoms with Crippen LogP contribution in [0.25, 0.3) is 0 Å². The van der Waals surface area contributed by atoms with Gasteiger partial charge in [-0.1, -0.05) is 6.07 Å². The number of nitrogen functional groups attached to an aromatic ring is 2. The molecule has 2 heterocycles. The highest BCUT2D eigenvalue weighted by molar-refractivity contribution is 5.98. The number of aromatic nitrogens is 1. The number of benzene rings is 1.